The van der Waals surface area contributed by atoms with Crippen LogP contribution in [0.3, 0.4) is 0 Å². The molecule has 0 aliphatic rings. The third-order valence-electron chi connectivity index (χ3n) is 4.46. The second-order valence-corrected chi connectivity index (χ2v) is 6.34. The lowest BCUT2D eigenvalue weighted by Gasteiger charge is -2.14. The van der Waals surface area contributed by atoms with Crippen LogP contribution >= 0.6 is 0 Å². The van der Waals surface area contributed by atoms with Gasteiger partial charge in [-0.05, 0) is 36.4 Å². The predicted octanol–water partition coefficient (Wildman–Crippen LogP) is 2.19. The van der Waals surface area contributed by atoms with Gasteiger partial charge in [-0.2, -0.15) is 0 Å². The molecule has 4 aromatic rings. The monoisotopic (exact) mass is 380 g/mol. The topological polar surface area (TPSA) is 81.9 Å². The van der Waals surface area contributed by atoms with Crippen molar-refractivity contribution in [2.45, 2.75) is 13.2 Å². The molecule has 1 aromatic carbocycles. The summed E-state index contributed by atoms with van der Waals surface area (Å²) in [5, 5.41) is 3.25. The van der Waals surface area contributed by atoms with E-state index in [9.17, 15) is 14.0 Å². The van der Waals surface area contributed by atoms with Gasteiger partial charge in [-0.3, -0.25) is 24.4 Å². The molecule has 0 saturated heterocycles. The number of pyridine rings is 2. The van der Waals surface area contributed by atoms with E-state index >= 15 is 0 Å². The number of hydrogen-bond donors (Lipinski definition) is 1. The molecule has 0 fully saturated rings. The lowest BCUT2D eigenvalue weighted by Crippen LogP contribution is -2.26. The van der Waals surface area contributed by atoms with Gasteiger partial charge in [0.05, 0.1) is 28.8 Å². The average molecular weight is 380 g/mol. The fourth-order valence-corrected chi connectivity index (χ4v) is 3.08. The summed E-state index contributed by atoms with van der Waals surface area (Å²) in [4.78, 5) is 29.6. The van der Waals surface area contributed by atoms with Crippen molar-refractivity contribution in [3.8, 4) is 5.75 Å². The molecule has 0 radical (unpaired) electrons. The van der Waals surface area contributed by atoms with Crippen LogP contribution in [0.1, 0.15) is 11.4 Å². The molecule has 3 heterocycles. The highest BCUT2D eigenvalue weighted by Gasteiger charge is 2.17. The van der Waals surface area contributed by atoms with Crippen molar-refractivity contribution in [3.05, 3.63) is 92.6 Å². The Morgan fingerprint density at radius 2 is 1.93 bits per heavy atom. The Labute approximate surface area is 158 Å². The van der Waals surface area contributed by atoms with Crippen LogP contribution in [0, 0.1) is 5.82 Å². The molecular weight excluding hydrogens is 363 g/mol. The molecule has 0 saturated carbocycles. The minimum Gasteiger partial charge on any atom is -0.487 e. The lowest BCUT2D eigenvalue weighted by molar-refractivity contribution is 0.295. The zero-order valence-corrected chi connectivity index (χ0v) is 15.1. The van der Waals surface area contributed by atoms with Crippen molar-refractivity contribution in [1.29, 1.82) is 0 Å². The van der Waals surface area contributed by atoms with Crippen molar-refractivity contribution in [2.75, 3.05) is 0 Å². The number of aromatic nitrogens is 4. The molecule has 0 unspecified atom stereocenters. The predicted molar refractivity (Wildman–Crippen MR) is 102 cm³/mol. The number of H-pyrrole nitrogens is 1. The van der Waals surface area contributed by atoms with E-state index in [0.29, 0.717) is 28.0 Å². The number of ether oxygens (including phenoxy) is 1. The largest absolute Gasteiger partial charge is 0.487 e. The van der Waals surface area contributed by atoms with E-state index in [-0.39, 0.29) is 30.1 Å². The molecule has 8 heteroatoms. The van der Waals surface area contributed by atoms with Gasteiger partial charge in [0.1, 0.15) is 18.2 Å². The summed E-state index contributed by atoms with van der Waals surface area (Å²) in [6.07, 6.45) is 1.64. The van der Waals surface area contributed by atoms with Gasteiger partial charge in [-0.15, -0.1) is 0 Å². The molecule has 0 atom stereocenters. The first kappa shape index (κ1) is 17.7. The van der Waals surface area contributed by atoms with E-state index < -0.39 is 0 Å². The zero-order valence-electron chi connectivity index (χ0n) is 15.1. The Morgan fingerprint density at radius 3 is 2.64 bits per heavy atom. The number of nitrogens with one attached hydrogen (secondary N) is 1. The summed E-state index contributed by atoms with van der Waals surface area (Å²) in [5.41, 5.74) is 1.01. The minimum absolute atomic E-state index is 0.0296. The Balaban J connectivity index is 1.82. The third-order valence-corrected chi connectivity index (χ3v) is 4.46. The van der Waals surface area contributed by atoms with E-state index in [0.717, 1.165) is 0 Å². The van der Waals surface area contributed by atoms with Crippen LogP contribution in [-0.2, 0) is 20.2 Å². The number of nitrogens with zero attached hydrogens (tertiary/aromatic N) is 3. The number of rotatable bonds is 5. The molecule has 0 bridgehead atoms. The highest BCUT2D eigenvalue weighted by atomic mass is 19.1. The van der Waals surface area contributed by atoms with Crippen LogP contribution in [0.25, 0.3) is 10.9 Å². The third kappa shape index (κ3) is 3.32. The fraction of sp³-hybridized carbons (Fsp3) is 0.150. The SMILES string of the molecule is Cn1[nH]c2cc(=O)n(Cc3ccccn3)c(COc3ccc(F)cc3)c2c1=O. The van der Waals surface area contributed by atoms with E-state index in [4.69, 9.17) is 4.74 Å². The summed E-state index contributed by atoms with van der Waals surface area (Å²) >= 11 is 0. The summed E-state index contributed by atoms with van der Waals surface area (Å²) < 4.78 is 21.7. The fourth-order valence-electron chi connectivity index (χ4n) is 3.08. The molecule has 0 amide bonds. The van der Waals surface area contributed by atoms with Crippen molar-refractivity contribution in [3.63, 3.8) is 0 Å². The minimum atomic E-state index is -0.374. The smallest absolute Gasteiger partial charge is 0.276 e. The maximum Gasteiger partial charge on any atom is 0.276 e. The standard InChI is InChI=1S/C20H17FN4O3/c1-24-20(27)19-16(23-24)10-18(26)25(11-14-4-2-3-9-22-14)17(19)12-28-15-7-5-13(21)6-8-15/h2-10,23H,11-12H2,1H3. The summed E-state index contributed by atoms with van der Waals surface area (Å²) in [5.74, 6) is 0.0589. The van der Waals surface area contributed by atoms with Crippen molar-refractivity contribution in [2.24, 2.45) is 7.05 Å². The summed E-state index contributed by atoms with van der Waals surface area (Å²) in [6, 6.07) is 12.4. The molecule has 4 rings (SSSR count). The molecule has 0 aliphatic heterocycles. The number of hydrogen-bond acceptors (Lipinski definition) is 4. The van der Waals surface area contributed by atoms with Crippen LogP contribution in [0.2, 0.25) is 0 Å². The number of aryl methyl sites for hydroxylation is 1. The van der Waals surface area contributed by atoms with Gasteiger partial charge in [0, 0.05) is 19.3 Å². The van der Waals surface area contributed by atoms with Gasteiger partial charge in [-0.1, -0.05) is 6.07 Å². The molecule has 0 spiro atoms. The molecule has 0 aliphatic carbocycles. The summed E-state index contributed by atoms with van der Waals surface area (Å²) in [7, 11) is 1.58. The highest BCUT2D eigenvalue weighted by molar-refractivity contribution is 5.80. The molecular formula is C20H17FN4O3. The first-order valence-electron chi connectivity index (χ1n) is 8.62. The Kier molecular flexibility index (Phi) is 4.52. The Morgan fingerprint density at radius 1 is 1.14 bits per heavy atom. The average Bonchev–Trinajstić information content (AvgIpc) is 2.97. The van der Waals surface area contributed by atoms with Crippen molar-refractivity contribution in [1.82, 2.24) is 19.3 Å². The second kappa shape index (κ2) is 7.15. The zero-order chi connectivity index (χ0) is 19.7. The van der Waals surface area contributed by atoms with E-state index in [2.05, 4.69) is 10.1 Å². The maximum atomic E-state index is 13.1. The first-order chi connectivity index (χ1) is 13.5. The van der Waals surface area contributed by atoms with E-state index in [1.54, 1.807) is 25.4 Å². The number of benzene rings is 1. The normalized spacial score (nSPS) is 11.1. The highest BCUT2D eigenvalue weighted by Crippen LogP contribution is 2.17. The number of halogens is 1. The number of aromatic amines is 1. The van der Waals surface area contributed by atoms with E-state index in [1.807, 2.05) is 6.07 Å². The van der Waals surface area contributed by atoms with Gasteiger partial charge >= 0.3 is 0 Å². The van der Waals surface area contributed by atoms with E-state index in [1.165, 1.54) is 39.6 Å². The van der Waals surface area contributed by atoms with Gasteiger partial charge in [-0.25, -0.2) is 4.39 Å². The second-order valence-electron chi connectivity index (χ2n) is 6.34. The van der Waals surface area contributed by atoms with Crippen molar-refractivity contribution >= 4 is 10.9 Å². The summed E-state index contributed by atoms with van der Waals surface area (Å²) in [6.45, 7) is 0.171. The van der Waals surface area contributed by atoms with Crippen LogP contribution in [0.15, 0.2) is 64.3 Å². The molecule has 1 N–H and O–H groups in total. The first-order valence-corrected chi connectivity index (χ1v) is 8.62. The van der Waals surface area contributed by atoms with Crippen LogP contribution in [0.4, 0.5) is 4.39 Å². The number of fused-ring (bicyclic) bond motifs is 1. The lowest BCUT2D eigenvalue weighted by atomic mass is 10.2. The van der Waals surface area contributed by atoms with Crippen molar-refractivity contribution < 1.29 is 9.13 Å². The van der Waals surface area contributed by atoms with Crippen LogP contribution < -0.4 is 15.9 Å². The van der Waals surface area contributed by atoms with Crippen LogP contribution in [0.5, 0.6) is 5.75 Å². The molecule has 3 aromatic heterocycles. The molecule has 28 heavy (non-hydrogen) atoms. The Hall–Kier alpha value is -3.68. The van der Waals surface area contributed by atoms with Gasteiger partial charge in [0.25, 0.3) is 11.1 Å². The maximum absolute atomic E-state index is 13.1. The molecule has 142 valence electrons. The van der Waals surface area contributed by atoms with Gasteiger partial charge < -0.3 is 9.30 Å². The molecule has 7 nitrogen and oxygen atoms in total. The van der Waals surface area contributed by atoms with Crippen LogP contribution in [-0.4, -0.2) is 19.3 Å². The van der Waals surface area contributed by atoms with Gasteiger partial charge in [0.2, 0.25) is 0 Å². The van der Waals surface area contributed by atoms with Gasteiger partial charge in [0.15, 0.2) is 0 Å². The quantitative estimate of drug-likeness (QED) is 0.575. The Bertz CT molecular complexity index is 1240.